The van der Waals surface area contributed by atoms with E-state index in [1.165, 1.54) is 0 Å². The number of carboxylic acids is 2. The van der Waals surface area contributed by atoms with Gasteiger partial charge >= 0.3 is 11.9 Å². The van der Waals surface area contributed by atoms with E-state index in [0.717, 1.165) is 85.3 Å². The van der Waals surface area contributed by atoms with Crippen LogP contribution in [0.3, 0.4) is 0 Å². The van der Waals surface area contributed by atoms with Gasteiger partial charge in [0.15, 0.2) is 0 Å². The minimum absolute atomic E-state index is 0.0143. The number of imide groups is 6. The number of hydrogen-bond donors (Lipinski definition) is 2. The smallest absolute Gasteiger partial charge is 0.305 e. The van der Waals surface area contributed by atoms with Crippen molar-refractivity contribution in [1.82, 2.24) is 29.4 Å². The number of aliphatic carboxylic acids is 2. The second kappa shape index (κ2) is 22.1. The van der Waals surface area contributed by atoms with Gasteiger partial charge in [0.2, 0.25) is 0 Å². The van der Waals surface area contributed by atoms with E-state index in [4.69, 9.17) is 9.47 Å². The first-order chi connectivity index (χ1) is 33.2. The number of rotatable bonds is 29. The monoisotopic (exact) mass is 972 g/mol. The maximum atomic E-state index is 14.4. The Kier molecular flexibility index (Phi) is 16.2. The number of hydrogen-bond acceptors (Lipinski definition) is 16. The molecule has 0 aromatic carbocycles. The fourth-order valence-electron chi connectivity index (χ4n) is 8.83. The maximum absolute atomic E-state index is 14.4. The molecule has 1 unspecified atom stereocenters. The number of carbonyl (C=O) groups excluding carboxylic acids is 12. The van der Waals surface area contributed by atoms with E-state index in [9.17, 15) is 77.3 Å². The van der Waals surface area contributed by atoms with Crippen LogP contribution in [0.15, 0.2) is 71.9 Å². The zero-order chi connectivity index (χ0) is 50.9. The van der Waals surface area contributed by atoms with Crippen molar-refractivity contribution >= 4 is 82.8 Å². The third kappa shape index (κ3) is 12.0. The molecule has 6 aliphatic rings. The van der Waals surface area contributed by atoms with E-state index in [1.807, 2.05) is 0 Å². The summed E-state index contributed by atoms with van der Waals surface area (Å²) in [5, 5.41) is 18.6. The van der Waals surface area contributed by atoms with Crippen LogP contribution in [-0.2, 0) is 76.6 Å². The SMILES string of the molecule is O=C(O)CCOCC(CCCN1C(=O)C=CC1=O)(CCCN1C(=O)C=CC1=O)CN1C(=O)C=C(C2=CC(=O)N(CC(CCCN3C(=O)C=CC3=O)(COCCC(=O)O)CN3C(=O)C=CC3=O)C2=O)C1=O. The molecule has 0 spiro atoms. The van der Waals surface area contributed by atoms with Gasteiger partial charge in [-0.3, -0.25) is 96.5 Å². The van der Waals surface area contributed by atoms with E-state index in [0.29, 0.717) is 4.90 Å². The van der Waals surface area contributed by atoms with Gasteiger partial charge in [-0.2, -0.15) is 0 Å². The molecule has 0 bridgehead atoms. The molecule has 1 atom stereocenters. The Hall–Kier alpha value is -7.86. The van der Waals surface area contributed by atoms with E-state index in [1.54, 1.807) is 0 Å². The Morgan fingerprint density at radius 3 is 1.03 bits per heavy atom. The lowest BCUT2D eigenvalue weighted by Crippen LogP contribution is -2.52. The Bertz CT molecular complexity index is 2400. The Morgan fingerprint density at radius 1 is 0.400 bits per heavy atom. The van der Waals surface area contributed by atoms with Gasteiger partial charge in [-0.25, -0.2) is 0 Å². The van der Waals surface area contributed by atoms with Crippen LogP contribution in [0.2, 0.25) is 0 Å². The highest BCUT2D eigenvalue weighted by Crippen LogP contribution is 2.37. The Morgan fingerprint density at radius 2 is 0.686 bits per heavy atom. The molecule has 6 rings (SSSR count). The minimum atomic E-state index is -1.57. The molecular formula is C46H48N6O18. The highest BCUT2D eigenvalue weighted by atomic mass is 16.5. The van der Waals surface area contributed by atoms with Crippen LogP contribution in [-0.4, -0.2) is 188 Å². The molecule has 0 fully saturated rings. The van der Waals surface area contributed by atoms with Gasteiger partial charge in [0.1, 0.15) is 0 Å². The van der Waals surface area contributed by atoms with Crippen LogP contribution in [0.1, 0.15) is 51.4 Å². The number of carbonyl (C=O) groups is 14. The quantitative estimate of drug-likeness (QED) is 0.0641. The summed E-state index contributed by atoms with van der Waals surface area (Å²) in [7, 11) is 0. The lowest BCUT2D eigenvalue weighted by molar-refractivity contribution is -0.146. The van der Waals surface area contributed by atoms with Crippen LogP contribution in [0.5, 0.6) is 0 Å². The van der Waals surface area contributed by atoms with Gasteiger partial charge in [-0.05, 0) is 38.5 Å². The van der Waals surface area contributed by atoms with Gasteiger partial charge in [-0.1, -0.05) is 0 Å². The topological polar surface area (TPSA) is 317 Å². The fourth-order valence-corrected chi connectivity index (χ4v) is 8.83. The first-order valence-corrected chi connectivity index (χ1v) is 22.1. The molecule has 6 heterocycles. The zero-order valence-corrected chi connectivity index (χ0v) is 37.6. The van der Waals surface area contributed by atoms with Gasteiger partial charge in [0, 0.05) is 111 Å². The van der Waals surface area contributed by atoms with Crippen molar-refractivity contribution in [1.29, 1.82) is 0 Å². The molecule has 0 saturated carbocycles. The summed E-state index contributed by atoms with van der Waals surface area (Å²) in [6.07, 6.45) is 9.31. The predicted molar refractivity (Wildman–Crippen MR) is 232 cm³/mol. The van der Waals surface area contributed by atoms with Crippen molar-refractivity contribution in [2.24, 2.45) is 10.8 Å². The molecule has 0 aliphatic carbocycles. The molecule has 0 aromatic rings. The van der Waals surface area contributed by atoms with Crippen LogP contribution in [0.4, 0.5) is 0 Å². The first kappa shape index (κ1) is 51.5. The van der Waals surface area contributed by atoms with Crippen LogP contribution >= 0.6 is 0 Å². The van der Waals surface area contributed by atoms with Gasteiger partial charge in [0.05, 0.1) is 50.4 Å². The second-order valence-electron chi connectivity index (χ2n) is 17.4. The van der Waals surface area contributed by atoms with Crippen LogP contribution in [0.25, 0.3) is 0 Å². The highest BCUT2D eigenvalue weighted by molar-refractivity contribution is 6.28. The molecule has 0 aromatic heterocycles. The molecule has 24 nitrogen and oxygen atoms in total. The fraction of sp³-hybridized carbons (Fsp3) is 0.435. The summed E-state index contributed by atoms with van der Waals surface area (Å²) in [6, 6.07) is 0. The molecule has 6 aliphatic heterocycles. The molecule has 24 heteroatoms. The van der Waals surface area contributed by atoms with E-state index < -0.39 is 144 Å². The minimum Gasteiger partial charge on any atom is -0.481 e. The van der Waals surface area contributed by atoms with Crippen molar-refractivity contribution in [2.75, 3.05) is 65.7 Å². The van der Waals surface area contributed by atoms with Crippen molar-refractivity contribution in [3.8, 4) is 0 Å². The molecule has 0 saturated heterocycles. The van der Waals surface area contributed by atoms with E-state index >= 15 is 0 Å². The zero-order valence-electron chi connectivity index (χ0n) is 37.6. The normalized spacial score (nSPS) is 19.0. The lowest BCUT2D eigenvalue weighted by Gasteiger charge is -2.39. The average molecular weight is 973 g/mol. The second-order valence-corrected chi connectivity index (χ2v) is 17.4. The largest absolute Gasteiger partial charge is 0.481 e. The van der Waals surface area contributed by atoms with E-state index in [2.05, 4.69) is 0 Å². The molecule has 12 amide bonds. The Balaban J connectivity index is 1.25. The third-order valence-corrected chi connectivity index (χ3v) is 12.4. The van der Waals surface area contributed by atoms with Crippen molar-refractivity contribution in [3.05, 3.63) is 71.9 Å². The van der Waals surface area contributed by atoms with Gasteiger partial charge in [-0.15, -0.1) is 0 Å². The number of ether oxygens (including phenoxy) is 2. The first-order valence-electron chi connectivity index (χ1n) is 22.1. The number of carboxylic acid groups (broad SMARTS) is 2. The summed E-state index contributed by atoms with van der Waals surface area (Å²) >= 11 is 0. The summed E-state index contributed by atoms with van der Waals surface area (Å²) in [6.45, 7) is -3.38. The Labute approximate surface area is 398 Å². The average Bonchev–Trinajstić information content (AvgIpc) is 4.13. The van der Waals surface area contributed by atoms with Crippen molar-refractivity contribution < 1.29 is 86.8 Å². The molecule has 2 N–H and O–H groups in total. The summed E-state index contributed by atoms with van der Waals surface area (Å²) in [5.41, 5.74) is -3.87. The molecular weight excluding hydrogens is 925 g/mol. The molecule has 370 valence electrons. The summed E-state index contributed by atoms with van der Waals surface area (Å²) in [5.74, 6) is -11.5. The van der Waals surface area contributed by atoms with Crippen LogP contribution in [0, 0.1) is 10.8 Å². The number of nitrogens with zero attached hydrogens (tertiary/aromatic N) is 6. The third-order valence-electron chi connectivity index (χ3n) is 12.4. The highest BCUT2D eigenvalue weighted by Gasteiger charge is 2.48. The lowest BCUT2D eigenvalue weighted by atomic mass is 9.78. The van der Waals surface area contributed by atoms with Gasteiger partial charge < -0.3 is 19.7 Å². The van der Waals surface area contributed by atoms with Crippen LogP contribution < -0.4 is 0 Å². The summed E-state index contributed by atoms with van der Waals surface area (Å²) < 4.78 is 11.5. The number of amides is 12. The van der Waals surface area contributed by atoms with Gasteiger partial charge in [0.25, 0.3) is 70.9 Å². The summed E-state index contributed by atoms with van der Waals surface area (Å²) in [4.78, 5) is 184. The van der Waals surface area contributed by atoms with E-state index in [-0.39, 0.29) is 78.0 Å². The van der Waals surface area contributed by atoms with Crippen molar-refractivity contribution in [3.63, 3.8) is 0 Å². The molecule has 70 heavy (non-hydrogen) atoms. The van der Waals surface area contributed by atoms with Crippen molar-refractivity contribution in [2.45, 2.75) is 51.4 Å². The standard InChI is InChI=1S/C46H48N6O18/c53-31-4-5-32(54)47(31)17-1-14-45(27-69-20-12-41(63)64,15-2-18-48-33(55)6-7-34(48)56)24-51-39(61)22-29(43(51)67)30-23-40(62)52(44(30)68)26-46(28-70-21-13-42(65)66,25-50-37(59)10-11-38(50)60)16-3-19-49-35(57)8-9-36(49)58/h4-11,22-23H,1-3,12-21,24-28H2,(H,63,64)(H,65,66). The predicted octanol–water partition coefficient (Wildman–Crippen LogP) is -1.43. The maximum Gasteiger partial charge on any atom is 0.305 e. The molecule has 0 radical (unpaired) electrons.